The first-order valence-electron chi connectivity index (χ1n) is 2.86. The molecule has 0 aliphatic heterocycles. The van der Waals surface area contributed by atoms with Gasteiger partial charge >= 0.3 is 0 Å². The van der Waals surface area contributed by atoms with Crippen LogP contribution in [0.3, 0.4) is 0 Å². The van der Waals surface area contributed by atoms with Crippen LogP contribution in [0.4, 0.5) is 8.78 Å². The second kappa shape index (κ2) is 3.09. The third-order valence-corrected chi connectivity index (χ3v) is 1.09. The smallest absolute Gasteiger partial charge is 0.126 e. The van der Waals surface area contributed by atoms with Gasteiger partial charge in [0, 0.05) is 11.6 Å². The monoisotopic (exact) mass is 157 g/mol. The van der Waals surface area contributed by atoms with E-state index in [4.69, 9.17) is 5.21 Å². The van der Waals surface area contributed by atoms with Gasteiger partial charge in [-0.2, -0.15) is 0 Å². The molecule has 0 bridgehead atoms. The van der Waals surface area contributed by atoms with Crippen molar-refractivity contribution in [1.82, 2.24) is 0 Å². The number of oxime groups is 1. The molecule has 1 rings (SSSR count). The van der Waals surface area contributed by atoms with Gasteiger partial charge in [0.25, 0.3) is 0 Å². The van der Waals surface area contributed by atoms with Gasteiger partial charge in [0.1, 0.15) is 11.6 Å². The fourth-order valence-electron chi connectivity index (χ4n) is 0.716. The quantitative estimate of drug-likeness (QED) is 0.376. The summed E-state index contributed by atoms with van der Waals surface area (Å²) in [5.41, 5.74) is 0.185. The molecule has 0 spiro atoms. The molecule has 0 saturated carbocycles. The summed E-state index contributed by atoms with van der Waals surface area (Å²) in [6.07, 6.45) is 0.951. The minimum Gasteiger partial charge on any atom is -0.411 e. The second-order valence-corrected chi connectivity index (χ2v) is 1.95. The molecule has 11 heavy (non-hydrogen) atoms. The lowest BCUT2D eigenvalue weighted by Gasteiger charge is -1.92. The lowest BCUT2D eigenvalue weighted by atomic mass is 10.2. The highest BCUT2D eigenvalue weighted by Gasteiger charge is 1.97. The number of rotatable bonds is 1. The fraction of sp³-hybridized carbons (Fsp3) is 0. The summed E-state index contributed by atoms with van der Waals surface area (Å²) in [6.45, 7) is 0. The topological polar surface area (TPSA) is 32.6 Å². The van der Waals surface area contributed by atoms with Crippen molar-refractivity contribution in [2.24, 2.45) is 5.16 Å². The summed E-state index contributed by atoms with van der Waals surface area (Å²) in [6, 6.07) is 2.86. The maximum atomic E-state index is 12.4. The zero-order valence-electron chi connectivity index (χ0n) is 5.46. The van der Waals surface area contributed by atoms with Crippen LogP contribution in [0.1, 0.15) is 5.56 Å². The van der Waals surface area contributed by atoms with Crippen LogP contribution in [0, 0.1) is 11.6 Å². The van der Waals surface area contributed by atoms with Crippen molar-refractivity contribution in [3.05, 3.63) is 35.4 Å². The Kier molecular flexibility index (Phi) is 2.15. The van der Waals surface area contributed by atoms with E-state index in [0.717, 1.165) is 24.4 Å². The van der Waals surface area contributed by atoms with E-state index in [1.54, 1.807) is 0 Å². The molecule has 0 aromatic heterocycles. The molecule has 0 fully saturated rings. The Balaban J connectivity index is 3.08. The summed E-state index contributed by atoms with van der Waals surface area (Å²) in [5, 5.41) is 10.7. The van der Waals surface area contributed by atoms with Crippen molar-refractivity contribution in [2.45, 2.75) is 0 Å². The third kappa shape index (κ3) is 2.00. The Labute approximate surface area is 61.8 Å². The molecular formula is C7H5F2NO. The van der Waals surface area contributed by atoms with Crippen LogP contribution in [0.25, 0.3) is 0 Å². The highest BCUT2D eigenvalue weighted by atomic mass is 19.1. The number of nitrogens with zero attached hydrogens (tertiary/aromatic N) is 1. The van der Waals surface area contributed by atoms with Crippen molar-refractivity contribution in [2.75, 3.05) is 0 Å². The van der Waals surface area contributed by atoms with Crippen LogP contribution in [0.5, 0.6) is 0 Å². The van der Waals surface area contributed by atoms with Crippen molar-refractivity contribution in [3.8, 4) is 0 Å². The molecule has 0 heterocycles. The molecule has 58 valence electrons. The highest BCUT2D eigenvalue weighted by Crippen LogP contribution is 2.05. The maximum Gasteiger partial charge on any atom is 0.126 e. The van der Waals surface area contributed by atoms with E-state index >= 15 is 0 Å². The molecule has 0 saturated heterocycles. The van der Waals surface area contributed by atoms with Gasteiger partial charge in [-0.15, -0.1) is 0 Å². The van der Waals surface area contributed by atoms with Crippen LogP contribution >= 0.6 is 0 Å². The molecule has 1 aromatic rings. The number of hydrogen-bond donors (Lipinski definition) is 1. The molecule has 0 aliphatic rings. The molecule has 0 unspecified atom stereocenters. The van der Waals surface area contributed by atoms with E-state index in [9.17, 15) is 8.78 Å². The lowest BCUT2D eigenvalue weighted by Crippen LogP contribution is -1.86. The van der Waals surface area contributed by atoms with Crippen LogP contribution in [0.15, 0.2) is 23.4 Å². The summed E-state index contributed by atoms with van der Waals surface area (Å²) in [4.78, 5) is 0. The van der Waals surface area contributed by atoms with Gasteiger partial charge in [-0.05, 0) is 12.1 Å². The summed E-state index contributed by atoms with van der Waals surface area (Å²) in [7, 11) is 0. The molecule has 1 N–H and O–H groups in total. The molecule has 0 radical (unpaired) electrons. The van der Waals surface area contributed by atoms with E-state index in [1.165, 1.54) is 0 Å². The number of hydrogen-bond acceptors (Lipinski definition) is 2. The summed E-state index contributed by atoms with van der Waals surface area (Å²) < 4.78 is 24.7. The predicted octanol–water partition coefficient (Wildman–Crippen LogP) is 1.77. The molecular weight excluding hydrogens is 152 g/mol. The Morgan fingerprint density at radius 3 is 2.18 bits per heavy atom. The third-order valence-electron chi connectivity index (χ3n) is 1.09. The Hall–Kier alpha value is -1.45. The second-order valence-electron chi connectivity index (χ2n) is 1.95. The molecule has 0 aliphatic carbocycles. The van der Waals surface area contributed by atoms with E-state index < -0.39 is 11.6 Å². The van der Waals surface area contributed by atoms with Gasteiger partial charge in [0.2, 0.25) is 0 Å². The first kappa shape index (κ1) is 7.65. The standard InChI is InChI=1S/C7H5F2NO/c8-6-1-5(4-10-11)2-7(9)3-6/h1-4,11H. The van der Waals surface area contributed by atoms with Crippen LogP contribution in [0.2, 0.25) is 0 Å². The zero-order chi connectivity index (χ0) is 8.27. The Morgan fingerprint density at radius 2 is 1.73 bits per heavy atom. The SMILES string of the molecule is ON=Cc1cc(F)cc(F)c1. The Bertz CT molecular complexity index is 266. The maximum absolute atomic E-state index is 12.4. The molecule has 2 nitrogen and oxygen atoms in total. The van der Waals surface area contributed by atoms with E-state index in [2.05, 4.69) is 5.16 Å². The largest absolute Gasteiger partial charge is 0.411 e. The number of halogens is 2. The molecule has 0 amide bonds. The predicted molar refractivity (Wildman–Crippen MR) is 35.7 cm³/mol. The minimum absolute atomic E-state index is 0.185. The van der Waals surface area contributed by atoms with Crippen molar-refractivity contribution in [1.29, 1.82) is 0 Å². The van der Waals surface area contributed by atoms with Crippen molar-refractivity contribution < 1.29 is 14.0 Å². The summed E-state index contributed by atoms with van der Waals surface area (Å²) in [5.74, 6) is -1.39. The molecule has 1 aromatic carbocycles. The number of benzene rings is 1. The van der Waals surface area contributed by atoms with Gasteiger partial charge in [-0.3, -0.25) is 0 Å². The first-order chi connectivity index (χ1) is 5.22. The summed E-state index contributed by atoms with van der Waals surface area (Å²) >= 11 is 0. The zero-order valence-corrected chi connectivity index (χ0v) is 5.46. The first-order valence-corrected chi connectivity index (χ1v) is 2.86. The normalized spacial score (nSPS) is 10.7. The van der Waals surface area contributed by atoms with Gasteiger partial charge in [0.15, 0.2) is 0 Å². The fourth-order valence-corrected chi connectivity index (χ4v) is 0.716. The van der Waals surface area contributed by atoms with Crippen LogP contribution in [-0.4, -0.2) is 11.4 Å². The van der Waals surface area contributed by atoms with Gasteiger partial charge in [-0.1, -0.05) is 5.16 Å². The van der Waals surface area contributed by atoms with E-state index in [1.807, 2.05) is 0 Å². The average Bonchev–Trinajstić information content (AvgIpc) is 1.85. The van der Waals surface area contributed by atoms with E-state index in [-0.39, 0.29) is 5.56 Å². The minimum atomic E-state index is -0.695. The van der Waals surface area contributed by atoms with Crippen molar-refractivity contribution >= 4 is 6.21 Å². The molecule has 4 heteroatoms. The van der Waals surface area contributed by atoms with Gasteiger partial charge in [0.05, 0.1) is 6.21 Å². The van der Waals surface area contributed by atoms with Crippen molar-refractivity contribution in [3.63, 3.8) is 0 Å². The Morgan fingerprint density at radius 1 is 1.18 bits per heavy atom. The lowest BCUT2D eigenvalue weighted by molar-refractivity contribution is 0.322. The van der Waals surface area contributed by atoms with Gasteiger partial charge in [-0.25, -0.2) is 8.78 Å². The van der Waals surface area contributed by atoms with Crippen LogP contribution in [-0.2, 0) is 0 Å². The highest BCUT2D eigenvalue weighted by molar-refractivity contribution is 5.78. The van der Waals surface area contributed by atoms with E-state index in [0.29, 0.717) is 0 Å². The van der Waals surface area contributed by atoms with Gasteiger partial charge < -0.3 is 5.21 Å². The molecule has 0 atom stereocenters. The average molecular weight is 157 g/mol. The van der Waals surface area contributed by atoms with Crippen LogP contribution < -0.4 is 0 Å².